The highest BCUT2D eigenvalue weighted by molar-refractivity contribution is 8.04. The smallest absolute Gasteiger partial charge is 0.206 e. The van der Waals surface area contributed by atoms with Crippen molar-refractivity contribution in [1.29, 1.82) is 0 Å². The van der Waals surface area contributed by atoms with E-state index >= 15 is 0 Å². The van der Waals surface area contributed by atoms with Crippen molar-refractivity contribution in [1.82, 2.24) is 3.71 Å². The lowest BCUT2D eigenvalue weighted by Crippen LogP contribution is -2.36. The molecule has 0 radical (unpaired) electrons. The van der Waals surface area contributed by atoms with Crippen molar-refractivity contribution in [2.45, 2.75) is 23.3 Å². The van der Waals surface area contributed by atoms with Crippen LogP contribution in [0, 0.1) is 6.92 Å². The SMILES string of the molecule is Cc1ccc(CN(S(=O)(=O)c2ccccc2)S(=O)(=O)c2ccccc2)cc1. The molecule has 0 saturated carbocycles. The molecule has 0 heterocycles. The second kappa shape index (κ2) is 7.64. The maximum absolute atomic E-state index is 13.2. The summed E-state index contributed by atoms with van der Waals surface area (Å²) in [5, 5.41) is 0. The van der Waals surface area contributed by atoms with Crippen LogP contribution in [0.25, 0.3) is 0 Å². The fourth-order valence-corrected chi connectivity index (χ4v) is 6.22. The van der Waals surface area contributed by atoms with Gasteiger partial charge in [-0.05, 0) is 36.8 Å². The molecule has 3 aromatic rings. The molecule has 0 fully saturated rings. The average Bonchev–Trinajstić information content (AvgIpc) is 2.68. The molecule has 0 saturated heterocycles. The van der Waals surface area contributed by atoms with Crippen LogP contribution in [0.3, 0.4) is 0 Å². The van der Waals surface area contributed by atoms with Gasteiger partial charge in [-0.1, -0.05) is 69.9 Å². The van der Waals surface area contributed by atoms with Crippen molar-refractivity contribution in [3.05, 3.63) is 96.1 Å². The molecule has 3 rings (SSSR count). The van der Waals surface area contributed by atoms with Gasteiger partial charge in [0.15, 0.2) is 0 Å². The third kappa shape index (κ3) is 4.10. The van der Waals surface area contributed by atoms with Gasteiger partial charge in [0.05, 0.1) is 16.3 Å². The predicted octanol–water partition coefficient (Wildman–Crippen LogP) is 3.57. The molecule has 0 bridgehead atoms. The Morgan fingerprint density at radius 2 is 1.04 bits per heavy atom. The Kier molecular flexibility index (Phi) is 5.46. The number of aryl methyl sites for hydroxylation is 1. The van der Waals surface area contributed by atoms with E-state index in [1.165, 1.54) is 24.3 Å². The van der Waals surface area contributed by atoms with E-state index in [0.29, 0.717) is 9.27 Å². The summed E-state index contributed by atoms with van der Waals surface area (Å²) in [6.45, 7) is 1.62. The van der Waals surface area contributed by atoms with E-state index in [9.17, 15) is 16.8 Å². The molecule has 0 N–H and O–H groups in total. The third-order valence-corrected chi connectivity index (χ3v) is 8.29. The van der Waals surface area contributed by atoms with Crippen LogP contribution in [0.2, 0.25) is 0 Å². The topological polar surface area (TPSA) is 71.5 Å². The molecule has 0 atom stereocenters. The zero-order valence-corrected chi connectivity index (χ0v) is 16.3. The Bertz CT molecular complexity index is 1040. The molecule has 27 heavy (non-hydrogen) atoms. The van der Waals surface area contributed by atoms with E-state index < -0.39 is 20.0 Å². The minimum absolute atomic E-state index is 0.0726. The molecule has 0 aromatic heterocycles. The Labute approximate surface area is 160 Å². The molecule has 0 aliphatic heterocycles. The molecular weight excluding hydrogens is 382 g/mol. The van der Waals surface area contributed by atoms with Gasteiger partial charge in [-0.25, -0.2) is 16.8 Å². The molecule has 0 unspecified atom stereocenters. The zero-order chi connectivity index (χ0) is 19.5. The summed E-state index contributed by atoms with van der Waals surface area (Å²) in [5.41, 5.74) is 1.58. The van der Waals surface area contributed by atoms with Crippen molar-refractivity contribution >= 4 is 20.0 Å². The minimum Gasteiger partial charge on any atom is -0.206 e. The fraction of sp³-hybridized carbons (Fsp3) is 0.100. The summed E-state index contributed by atoms with van der Waals surface area (Å²) in [6.07, 6.45) is 0. The van der Waals surface area contributed by atoms with Crippen LogP contribution in [0.5, 0.6) is 0 Å². The van der Waals surface area contributed by atoms with Gasteiger partial charge in [0.2, 0.25) is 0 Å². The summed E-state index contributed by atoms with van der Waals surface area (Å²) >= 11 is 0. The lowest BCUT2D eigenvalue weighted by Gasteiger charge is -2.22. The van der Waals surface area contributed by atoms with Crippen LogP contribution >= 0.6 is 0 Å². The average molecular weight is 402 g/mol. The van der Waals surface area contributed by atoms with Crippen molar-refractivity contribution in [2.24, 2.45) is 0 Å². The first kappa shape index (κ1) is 19.3. The normalized spacial score (nSPS) is 12.2. The zero-order valence-electron chi connectivity index (χ0n) is 14.7. The van der Waals surface area contributed by atoms with Crippen molar-refractivity contribution in [2.75, 3.05) is 0 Å². The molecule has 0 aliphatic carbocycles. The number of sulfonamides is 2. The Hall–Kier alpha value is -2.48. The molecule has 5 nitrogen and oxygen atoms in total. The number of hydrogen-bond donors (Lipinski definition) is 0. The summed E-state index contributed by atoms with van der Waals surface area (Å²) < 4.78 is 53.2. The van der Waals surface area contributed by atoms with Crippen molar-refractivity contribution in [3.8, 4) is 0 Å². The Morgan fingerprint density at radius 3 is 1.44 bits per heavy atom. The quantitative estimate of drug-likeness (QED) is 0.633. The number of nitrogens with zero attached hydrogens (tertiary/aromatic N) is 1. The van der Waals surface area contributed by atoms with Crippen LogP contribution in [0.15, 0.2) is 94.7 Å². The van der Waals surface area contributed by atoms with E-state index in [2.05, 4.69) is 0 Å². The standard InChI is InChI=1S/C20H19NO4S2/c1-17-12-14-18(15-13-17)16-21(26(22,23)19-8-4-2-5-9-19)27(24,25)20-10-6-3-7-11-20/h2-15H,16H2,1H3. The van der Waals surface area contributed by atoms with Crippen LogP contribution in [-0.2, 0) is 26.6 Å². The summed E-state index contributed by atoms with van der Waals surface area (Å²) in [7, 11) is -8.54. The van der Waals surface area contributed by atoms with E-state index in [-0.39, 0.29) is 16.3 Å². The van der Waals surface area contributed by atoms with Crippen molar-refractivity contribution in [3.63, 3.8) is 0 Å². The Balaban J connectivity index is 2.13. The van der Waals surface area contributed by atoms with Gasteiger partial charge < -0.3 is 0 Å². The maximum Gasteiger partial charge on any atom is 0.256 e. The van der Waals surface area contributed by atoms with Crippen LogP contribution < -0.4 is 0 Å². The van der Waals surface area contributed by atoms with Crippen LogP contribution in [0.1, 0.15) is 11.1 Å². The van der Waals surface area contributed by atoms with Crippen LogP contribution in [0.4, 0.5) is 0 Å². The first-order valence-corrected chi connectivity index (χ1v) is 11.1. The van der Waals surface area contributed by atoms with Gasteiger partial charge in [-0.15, -0.1) is 0 Å². The Morgan fingerprint density at radius 1 is 0.630 bits per heavy atom. The van der Waals surface area contributed by atoms with Crippen LogP contribution in [-0.4, -0.2) is 20.5 Å². The highest BCUT2D eigenvalue weighted by Gasteiger charge is 2.36. The molecule has 140 valence electrons. The second-order valence-corrected chi connectivity index (χ2v) is 10.0. The van der Waals surface area contributed by atoms with Gasteiger partial charge in [0, 0.05) is 0 Å². The molecular formula is C20H19NO4S2. The summed E-state index contributed by atoms with van der Waals surface area (Å²) in [4.78, 5) is -0.145. The minimum atomic E-state index is -4.27. The fourth-order valence-electron chi connectivity index (χ4n) is 2.56. The molecule has 0 aliphatic rings. The van der Waals surface area contributed by atoms with E-state index in [1.807, 2.05) is 19.1 Å². The monoisotopic (exact) mass is 401 g/mol. The van der Waals surface area contributed by atoms with E-state index in [4.69, 9.17) is 0 Å². The lowest BCUT2D eigenvalue weighted by atomic mass is 10.2. The molecule has 3 aromatic carbocycles. The highest BCUT2D eigenvalue weighted by Crippen LogP contribution is 2.26. The summed E-state index contributed by atoms with van der Waals surface area (Å²) in [6, 6.07) is 22.2. The maximum atomic E-state index is 13.2. The van der Waals surface area contributed by atoms with Gasteiger partial charge in [-0.3, -0.25) is 0 Å². The lowest BCUT2D eigenvalue weighted by molar-refractivity contribution is 0.494. The van der Waals surface area contributed by atoms with Crippen molar-refractivity contribution < 1.29 is 16.8 Å². The van der Waals surface area contributed by atoms with Gasteiger partial charge >= 0.3 is 0 Å². The predicted molar refractivity (Wildman–Crippen MR) is 104 cm³/mol. The van der Waals surface area contributed by atoms with Gasteiger partial charge in [0.25, 0.3) is 20.0 Å². The number of rotatable bonds is 6. The van der Waals surface area contributed by atoms with Gasteiger partial charge in [0.1, 0.15) is 0 Å². The van der Waals surface area contributed by atoms with E-state index in [0.717, 1.165) is 5.56 Å². The highest BCUT2D eigenvalue weighted by atomic mass is 32.3. The van der Waals surface area contributed by atoms with E-state index in [1.54, 1.807) is 48.5 Å². The number of hydrogen-bond acceptors (Lipinski definition) is 4. The number of benzene rings is 3. The second-order valence-electron chi connectivity index (χ2n) is 6.05. The largest absolute Gasteiger partial charge is 0.256 e. The van der Waals surface area contributed by atoms with Gasteiger partial charge in [-0.2, -0.15) is 0 Å². The first-order valence-electron chi connectivity index (χ1n) is 8.25. The first-order chi connectivity index (χ1) is 12.8. The molecule has 7 heteroatoms. The molecule has 0 amide bonds. The summed E-state index contributed by atoms with van der Waals surface area (Å²) in [5.74, 6) is 0. The molecule has 0 spiro atoms. The third-order valence-electron chi connectivity index (χ3n) is 4.05.